The first kappa shape index (κ1) is 21.4. The SMILES string of the molecule is CCCCCCCCCC(C(=O)O)N1/C(=C\c2ccncc2)Sc2ccccc21. The molecule has 0 spiro atoms. The van der Waals surface area contributed by atoms with Crippen LogP contribution in [-0.2, 0) is 4.79 Å². The number of aromatic nitrogens is 1. The number of hydrogen-bond donors (Lipinski definition) is 1. The van der Waals surface area contributed by atoms with Gasteiger partial charge in [0.25, 0.3) is 0 Å². The fraction of sp³-hybridized carbons (Fsp3) is 0.417. The molecule has 0 saturated heterocycles. The number of carboxylic acids is 1. The second-order valence-corrected chi connectivity index (χ2v) is 8.53. The smallest absolute Gasteiger partial charge is 0.326 e. The molecule has 0 fully saturated rings. The van der Waals surface area contributed by atoms with Crippen molar-refractivity contribution in [2.24, 2.45) is 0 Å². The minimum atomic E-state index is -0.756. The Labute approximate surface area is 178 Å². The van der Waals surface area contributed by atoms with E-state index in [1.807, 2.05) is 35.2 Å². The molecule has 1 aliphatic rings. The average molecular weight is 411 g/mol. The number of fused-ring (bicyclic) bond motifs is 1. The van der Waals surface area contributed by atoms with Crippen LogP contribution in [0.1, 0.15) is 63.9 Å². The van der Waals surface area contributed by atoms with Gasteiger partial charge in [0.15, 0.2) is 0 Å². The van der Waals surface area contributed by atoms with Crippen molar-refractivity contribution in [3.8, 4) is 0 Å². The highest BCUT2D eigenvalue weighted by molar-refractivity contribution is 8.03. The van der Waals surface area contributed by atoms with Gasteiger partial charge in [0.1, 0.15) is 6.04 Å². The summed E-state index contributed by atoms with van der Waals surface area (Å²) in [4.78, 5) is 19.4. The molecule has 0 aliphatic carbocycles. The van der Waals surface area contributed by atoms with E-state index in [-0.39, 0.29) is 0 Å². The number of para-hydroxylation sites is 1. The summed E-state index contributed by atoms with van der Waals surface area (Å²) in [5, 5.41) is 11.0. The standard InChI is InChI=1S/C24H30N2O2S/c1-2-3-4-5-6-7-8-12-21(24(27)28)26-20-11-9-10-13-22(20)29-23(26)18-19-14-16-25-17-15-19/h9-11,13-18,21H,2-8,12H2,1H3,(H,27,28)/b23-18+. The van der Waals surface area contributed by atoms with Gasteiger partial charge >= 0.3 is 5.97 Å². The van der Waals surface area contributed by atoms with Gasteiger partial charge in [-0.15, -0.1) is 0 Å². The van der Waals surface area contributed by atoms with Gasteiger partial charge in [-0.05, 0) is 42.3 Å². The fourth-order valence-electron chi connectivity index (χ4n) is 3.70. The molecule has 1 N–H and O–H groups in total. The van der Waals surface area contributed by atoms with E-state index >= 15 is 0 Å². The summed E-state index contributed by atoms with van der Waals surface area (Å²) in [7, 11) is 0. The van der Waals surface area contributed by atoms with Crippen molar-refractivity contribution in [1.29, 1.82) is 0 Å². The van der Waals surface area contributed by atoms with E-state index < -0.39 is 12.0 Å². The molecule has 0 radical (unpaired) electrons. The molecule has 1 atom stereocenters. The van der Waals surface area contributed by atoms with E-state index in [2.05, 4.69) is 24.1 Å². The third kappa shape index (κ3) is 5.86. The number of unbranched alkanes of at least 4 members (excludes halogenated alkanes) is 6. The summed E-state index contributed by atoms with van der Waals surface area (Å²) in [6.07, 6.45) is 14.6. The first-order valence-electron chi connectivity index (χ1n) is 10.6. The molecule has 29 heavy (non-hydrogen) atoms. The number of benzene rings is 1. The summed E-state index contributed by atoms with van der Waals surface area (Å²) >= 11 is 1.64. The maximum Gasteiger partial charge on any atom is 0.326 e. The third-order valence-corrected chi connectivity index (χ3v) is 6.34. The number of aliphatic carboxylic acids is 1. The van der Waals surface area contributed by atoms with Gasteiger partial charge in [-0.1, -0.05) is 75.8 Å². The van der Waals surface area contributed by atoms with Crippen molar-refractivity contribution in [2.75, 3.05) is 4.90 Å². The first-order valence-corrected chi connectivity index (χ1v) is 11.4. The topological polar surface area (TPSA) is 53.4 Å². The number of thioether (sulfide) groups is 1. The highest BCUT2D eigenvalue weighted by Gasteiger charge is 2.34. The number of nitrogens with zero attached hydrogens (tertiary/aromatic N) is 2. The fourth-order valence-corrected chi connectivity index (χ4v) is 4.87. The van der Waals surface area contributed by atoms with E-state index in [9.17, 15) is 9.90 Å². The number of carboxylic acid groups (broad SMARTS) is 1. The minimum absolute atomic E-state index is 0.546. The van der Waals surface area contributed by atoms with Crippen molar-refractivity contribution in [3.05, 3.63) is 59.4 Å². The predicted octanol–water partition coefficient (Wildman–Crippen LogP) is 6.59. The summed E-state index contributed by atoms with van der Waals surface area (Å²) in [5.41, 5.74) is 2.02. The normalized spacial score (nSPS) is 15.5. The lowest BCUT2D eigenvalue weighted by atomic mass is 10.0. The number of rotatable bonds is 11. The van der Waals surface area contributed by atoms with Crippen LogP contribution in [0.25, 0.3) is 6.08 Å². The minimum Gasteiger partial charge on any atom is -0.480 e. The van der Waals surface area contributed by atoms with Gasteiger partial charge in [-0.25, -0.2) is 4.79 Å². The number of pyridine rings is 1. The predicted molar refractivity (Wildman–Crippen MR) is 121 cm³/mol. The summed E-state index contributed by atoms with van der Waals surface area (Å²) in [6, 6.07) is 11.4. The quantitative estimate of drug-likeness (QED) is 0.424. The monoisotopic (exact) mass is 410 g/mol. The Balaban J connectivity index is 1.74. The van der Waals surface area contributed by atoms with Crippen molar-refractivity contribution in [1.82, 2.24) is 4.98 Å². The van der Waals surface area contributed by atoms with Gasteiger partial charge in [0, 0.05) is 17.3 Å². The van der Waals surface area contributed by atoms with Crippen LogP contribution in [0.15, 0.2) is 58.7 Å². The zero-order valence-electron chi connectivity index (χ0n) is 17.1. The molecule has 1 unspecified atom stereocenters. The van der Waals surface area contributed by atoms with Crippen LogP contribution in [0.5, 0.6) is 0 Å². The Hall–Kier alpha value is -2.27. The van der Waals surface area contributed by atoms with Gasteiger partial charge < -0.3 is 10.0 Å². The Morgan fingerprint density at radius 3 is 2.48 bits per heavy atom. The Morgan fingerprint density at radius 1 is 1.07 bits per heavy atom. The molecule has 154 valence electrons. The summed E-state index contributed by atoms with van der Waals surface area (Å²) in [5.74, 6) is -0.756. The van der Waals surface area contributed by atoms with Gasteiger partial charge in [-0.2, -0.15) is 0 Å². The molecule has 0 saturated carbocycles. The summed E-state index contributed by atoms with van der Waals surface area (Å²) < 4.78 is 0. The van der Waals surface area contributed by atoms with Crippen LogP contribution in [0, 0.1) is 0 Å². The molecule has 1 aliphatic heterocycles. The molecular formula is C24H30N2O2S. The number of hydrogen-bond acceptors (Lipinski definition) is 4. The van der Waals surface area contributed by atoms with E-state index in [1.54, 1.807) is 24.2 Å². The molecule has 1 aromatic carbocycles. The second-order valence-electron chi connectivity index (χ2n) is 7.47. The zero-order valence-corrected chi connectivity index (χ0v) is 17.9. The van der Waals surface area contributed by atoms with Crippen LogP contribution in [0.3, 0.4) is 0 Å². The number of anilines is 1. The van der Waals surface area contributed by atoms with Crippen LogP contribution >= 0.6 is 11.8 Å². The molecule has 5 heteroatoms. The van der Waals surface area contributed by atoms with Crippen LogP contribution in [0.2, 0.25) is 0 Å². The Morgan fingerprint density at radius 2 is 1.76 bits per heavy atom. The van der Waals surface area contributed by atoms with E-state index in [4.69, 9.17) is 0 Å². The molecule has 2 heterocycles. The van der Waals surface area contributed by atoms with E-state index in [1.165, 1.54) is 32.1 Å². The molecule has 0 amide bonds. The maximum absolute atomic E-state index is 12.2. The van der Waals surface area contributed by atoms with Gasteiger partial charge in [-0.3, -0.25) is 4.98 Å². The largest absolute Gasteiger partial charge is 0.480 e. The van der Waals surface area contributed by atoms with Crippen LogP contribution in [-0.4, -0.2) is 22.1 Å². The number of carbonyl (C=O) groups is 1. The van der Waals surface area contributed by atoms with Crippen molar-refractivity contribution in [2.45, 2.75) is 69.2 Å². The third-order valence-electron chi connectivity index (χ3n) is 5.25. The zero-order chi connectivity index (χ0) is 20.5. The molecular weight excluding hydrogens is 380 g/mol. The van der Waals surface area contributed by atoms with Crippen molar-refractivity contribution < 1.29 is 9.90 Å². The average Bonchev–Trinajstić information content (AvgIpc) is 3.08. The first-order chi connectivity index (χ1) is 14.2. The van der Waals surface area contributed by atoms with E-state index in [0.29, 0.717) is 6.42 Å². The van der Waals surface area contributed by atoms with Crippen LogP contribution < -0.4 is 4.90 Å². The summed E-state index contributed by atoms with van der Waals surface area (Å²) in [6.45, 7) is 2.22. The molecule has 1 aromatic heterocycles. The molecule has 3 rings (SSSR count). The lowest BCUT2D eigenvalue weighted by Crippen LogP contribution is -2.38. The Kier molecular flexibility index (Phi) is 8.17. The Bertz CT molecular complexity index is 823. The molecule has 4 nitrogen and oxygen atoms in total. The van der Waals surface area contributed by atoms with Gasteiger partial charge in [0.2, 0.25) is 0 Å². The molecule has 2 aromatic rings. The molecule has 0 bridgehead atoms. The highest BCUT2D eigenvalue weighted by atomic mass is 32.2. The van der Waals surface area contributed by atoms with Crippen LogP contribution in [0.4, 0.5) is 5.69 Å². The lowest BCUT2D eigenvalue weighted by molar-refractivity contribution is -0.138. The van der Waals surface area contributed by atoms with Crippen molar-refractivity contribution >= 4 is 29.5 Å². The van der Waals surface area contributed by atoms with E-state index in [0.717, 1.165) is 34.0 Å². The van der Waals surface area contributed by atoms with Crippen molar-refractivity contribution in [3.63, 3.8) is 0 Å². The van der Waals surface area contributed by atoms with Gasteiger partial charge in [0.05, 0.1) is 10.7 Å². The highest BCUT2D eigenvalue weighted by Crippen LogP contribution is 2.48. The maximum atomic E-state index is 12.2. The lowest BCUT2D eigenvalue weighted by Gasteiger charge is -2.28. The second kappa shape index (κ2) is 11.1.